The molecule has 1 fully saturated rings. The summed E-state index contributed by atoms with van der Waals surface area (Å²) in [6, 6.07) is 17.1. The zero-order chi connectivity index (χ0) is 18.9. The van der Waals surface area contributed by atoms with Crippen molar-refractivity contribution in [2.45, 2.75) is 52.5 Å². The molecule has 26 heavy (non-hydrogen) atoms. The maximum absolute atomic E-state index is 12.8. The molecule has 0 bridgehead atoms. The van der Waals surface area contributed by atoms with E-state index in [0.29, 0.717) is 12.5 Å². The SMILES string of the molecule is CC(C)c1ccc(N2CCN(Cc3ccc(C(C)(C)C)cc3)C2=O)cc1. The van der Waals surface area contributed by atoms with E-state index in [1.807, 2.05) is 9.80 Å². The van der Waals surface area contributed by atoms with Gasteiger partial charge in [-0.2, -0.15) is 0 Å². The standard InChI is InChI=1S/C23H30N2O/c1-17(2)19-8-12-21(13-9-19)25-15-14-24(22(25)26)16-18-6-10-20(11-7-18)23(3,4)5/h6-13,17H,14-16H2,1-5H3. The number of hydrogen-bond donors (Lipinski definition) is 0. The van der Waals surface area contributed by atoms with Crippen molar-refractivity contribution >= 4 is 11.7 Å². The van der Waals surface area contributed by atoms with Gasteiger partial charge in [-0.1, -0.05) is 71.0 Å². The molecule has 0 aromatic heterocycles. The van der Waals surface area contributed by atoms with Crippen molar-refractivity contribution in [2.75, 3.05) is 18.0 Å². The minimum Gasteiger partial charge on any atom is -0.318 e. The van der Waals surface area contributed by atoms with Crippen molar-refractivity contribution in [3.05, 3.63) is 65.2 Å². The van der Waals surface area contributed by atoms with Gasteiger partial charge < -0.3 is 4.90 Å². The predicted octanol–water partition coefficient (Wildman–Crippen LogP) is 5.55. The summed E-state index contributed by atoms with van der Waals surface area (Å²) in [5.74, 6) is 0.505. The summed E-state index contributed by atoms with van der Waals surface area (Å²) in [5.41, 5.74) is 4.95. The van der Waals surface area contributed by atoms with Crippen LogP contribution in [-0.2, 0) is 12.0 Å². The Kier molecular flexibility index (Phi) is 5.08. The Hall–Kier alpha value is -2.29. The number of nitrogens with zero attached hydrogens (tertiary/aromatic N) is 2. The second-order valence-electron chi connectivity index (χ2n) is 8.55. The van der Waals surface area contributed by atoms with Crippen molar-refractivity contribution in [1.29, 1.82) is 0 Å². The molecule has 138 valence electrons. The lowest BCUT2D eigenvalue weighted by molar-refractivity contribution is 0.219. The monoisotopic (exact) mass is 350 g/mol. The largest absolute Gasteiger partial charge is 0.324 e. The zero-order valence-corrected chi connectivity index (χ0v) is 16.6. The lowest BCUT2D eigenvalue weighted by atomic mass is 9.87. The molecule has 1 heterocycles. The van der Waals surface area contributed by atoms with Crippen LogP contribution in [-0.4, -0.2) is 24.0 Å². The maximum atomic E-state index is 12.8. The first kappa shape index (κ1) is 18.5. The van der Waals surface area contributed by atoms with Gasteiger partial charge >= 0.3 is 6.03 Å². The second kappa shape index (κ2) is 7.14. The van der Waals surface area contributed by atoms with Crippen LogP contribution in [0.5, 0.6) is 0 Å². The highest BCUT2D eigenvalue weighted by Crippen LogP contribution is 2.26. The van der Waals surface area contributed by atoms with E-state index in [-0.39, 0.29) is 11.4 Å². The number of carbonyl (C=O) groups excluding carboxylic acids is 1. The number of amides is 2. The van der Waals surface area contributed by atoms with Gasteiger partial charge in [0.05, 0.1) is 0 Å². The number of carbonyl (C=O) groups is 1. The Labute approximate surface area is 157 Å². The number of rotatable bonds is 4. The molecule has 0 unspecified atom stereocenters. The van der Waals surface area contributed by atoms with Crippen LogP contribution in [0, 0.1) is 0 Å². The van der Waals surface area contributed by atoms with E-state index >= 15 is 0 Å². The third kappa shape index (κ3) is 3.92. The van der Waals surface area contributed by atoms with E-state index in [1.165, 1.54) is 16.7 Å². The molecule has 3 nitrogen and oxygen atoms in total. The van der Waals surface area contributed by atoms with E-state index in [2.05, 4.69) is 83.1 Å². The van der Waals surface area contributed by atoms with Crippen molar-refractivity contribution in [3.63, 3.8) is 0 Å². The Morgan fingerprint density at radius 3 is 2.08 bits per heavy atom. The molecule has 0 N–H and O–H groups in total. The molecule has 0 atom stereocenters. The molecule has 0 saturated carbocycles. The minimum atomic E-state index is 0.0993. The Balaban J connectivity index is 1.67. The molecule has 1 aliphatic rings. The third-order valence-corrected chi connectivity index (χ3v) is 5.16. The summed E-state index contributed by atoms with van der Waals surface area (Å²) in [4.78, 5) is 16.6. The van der Waals surface area contributed by atoms with Crippen LogP contribution in [0.2, 0.25) is 0 Å². The van der Waals surface area contributed by atoms with Crippen LogP contribution in [0.3, 0.4) is 0 Å². The minimum absolute atomic E-state index is 0.0993. The predicted molar refractivity (Wildman–Crippen MR) is 109 cm³/mol. The average molecular weight is 351 g/mol. The highest BCUT2D eigenvalue weighted by Gasteiger charge is 2.29. The molecular weight excluding hydrogens is 320 g/mol. The van der Waals surface area contributed by atoms with Gasteiger partial charge in [-0.15, -0.1) is 0 Å². The smallest absolute Gasteiger partial charge is 0.318 e. The van der Waals surface area contributed by atoms with Crippen LogP contribution in [0.4, 0.5) is 10.5 Å². The molecular formula is C23H30N2O. The molecule has 3 rings (SSSR count). The first-order valence-corrected chi connectivity index (χ1v) is 9.51. The van der Waals surface area contributed by atoms with E-state index in [0.717, 1.165) is 18.8 Å². The lowest BCUT2D eigenvalue weighted by Gasteiger charge is -2.21. The number of anilines is 1. The van der Waals surface area contributed by atoms with E-state index in [1.54, 1.807) is 0 Å². The summed E-state index contributed by atoms with van der Waals surface area (Å²) >= 11 is 0. The summed E-state index contributed by atoms with van der Waals surface area (Å²) < 4.78 is 0. The maximum Gasteiger partial charge on any atom is 0.324 e. The lowest BCUT2D eigenvalue weighted by Crippen LogP contribution is -2.31. The quantitative estimate of drug-likeness (QED) is 0.709. The fourth-order valence-corrected chi connectivity index (χ4v) is 3.34. The topological polar surface area (TPSA) is 23.6 Å². The van der Waals surface area contributed by atoms with Gasteiger partial charge in [0.1, 0.15) is 0 Å². The first-order chi connectivity index (χ1) is 12.3. The van der Waals surface area contributed by atoms with Gasteiger partial charge in [-0.25, -0.2) is 4.79 Å². The Morgan fingerprint density at radius 1 is 0.923 bits per heavy atom. The Morgan fingerprint density at radius 2 is 1.54 bits per heavy atom. The highest BCUT2D eigenvalue weighted by atomic mass is 16.2. The second-order valence-corrected chi connectivity index (χ2v) is 8.55. The fraction of sp³-hybridized carbons (Fsp3) is 0.435. The van der Waals surface area contributed by atoms with Crippen molar-refractivity contribution in [3.8, 4) is 0 Å². The average Bonchev–Trinajstić information content (AvgIpc) is 2.95. The normalized spacial score (nSPS) is 15.2. The van der Waals surface area contributed by atoms with Crippen LogP contribution in [0.1, 0.15) is 57.2 Å². The van der Waals surface area contributed by atoms with Gasteiger partial charge in [-0.3, -0.25) is 4.90 Å². The third-order valence-electron chi connectivity index (χ3n) is 5.16. The summed E-state index contributed by atoms with van der Waals surface area (Å²) in [6.07, 6.45) is 0. The van der Waals surface area contributed by atoms with Gasteiger partial charge in [0, 0.05) is 25.3 Å². The molecule has 0 radical (unpaired) electrons. The van der Waals surface area contributed by atoms with Crippen molar-refractivity contribution in [2.24, 2.45) is 0 Å². The molecule has 2 aromatic carbocycles. The Bertz CT molecular complexity index is 754. The van der Waals surface area contributed by atoms with Gasteiger partial charge in [-0.05, 0) is 40.2 Å². The molecule has 2 amide bonds. The van der Waals surface area contributed by atoms with E-state index in [9.17, 15) is 4.79 Å². The van der Waals surface area contributed by atoms with Gasteiger partial charge in [0.15, 0.2) is 0 Å². The zero-order valence-electron chi connectivity index (χ0n) is 16.6. The molecule has 0 spiro atoms. The van der Waals surface area contributed by atoms with Gasteiger partial charge in [0.2, 0.25) is 0 Å². The van der Waals surface area contributed by atoms with Crippen molar-refractivity contribution < 1.29 is 4.79 Å². The van der Waals surface area contributed by atoms with E-state index in [4.69, 9.17) is 0 Å². The number of hydrogen-bond acceptors (Lipinski definition) is 1. The fourth-order valence-electron chi connectivity index (χ4n) is 3.34. The van der Waals surface area contributed by atoms with Crippen LogP contribution in [0.15, 0.2) is 48.5 Å². The van der Waals surface area contributed by atoms with Crippen LogP contribution < -0.4 is 4.90 Å². The summed E-state index contributed by atoms with van der Waals surface area (Å²) in [6.45, 7) is 13.2. The highest BCUT2D eigenvalue weighted by molar-refractivity contribution is 5.94. The molecule has 2 aromatic rings. The van der Waals surface area contributed by atoms with Crippen LogP contribution in [0.25, 0.3) is 0 Å². The first-order valence-electron chi connectivity index (χ1n) is 9.51. The van der Waals surface area contributed by atoms with E-state index < -0.39 is 0 Å². The molecule has 1 aliphatic heterocycles. The summed E-state index contributed by atoms with van der Waals surface area (Å²) in [7, 11) is 0. The number of benzene rings is 2. The molecule has 0 aliphatic carbocycles. The molecule has 1 saturated heterocycles. The summed E-state index contributed by atoms with van der Waals surface area (Å²) in [5, 5.41) is 0. The van der Waals surface area contributed by atoms with Gasteiger partial charge in [0.25, 0.3) is 0 Å². The molecule has 3 heteroatoms. The number of urea groups is 1. The van der Waals surface area contributed by atoms with Crippen molar-refractivity contribution in [1.82, 2.24) is 4.90 Å². The van der Waals surface area contributed by atoms with Crippen LogP contribution >= 0.6 is 0 Å².